The average Bonchev–Trinajstić information content (AvgIpc) is 3.11. The first-order chi connectivity index (χ1) is 23.3. The Labute approximate surface area is 284 Å². The number of hydrogen-bond acceptors (Lipinski definition) is 6. The summed E-state index contributed by atoms with van der Waals surface area (Å²) in [4.78, 5) is 54.0. The number of hydrogen-bond donors (Lipinski definition) is 1. The number of nitrogens with zero attached hydrogens (tertiary/aromatic N) is 1. The van der Waals surface area contributed by atoms with E-state index in [9.17, 15) is 19.2 Å². The number of Topliss-reactive ketones (excluding diaryl/α,β-unsaturated/α-hetero) is 2. The first-order valence-electron chi connectivity index (χ1n) is 17.3. The summed E-state index contributed by atoms with van der Waals surface area (Å²) < 4.78 is 5.02. The molecule has 0 bridgehead atoms. The largest absolute Gasteiger partial charge is 0.463 e. The Morgan fingerprint density at radius 2 is 1.60 bits per heavy atom. The molecule has 1 N–H and O–H groups in total. The normalized spacial score (nSPS) is 17.2. The Morgan fingerprint density at radius 1 is 0.875 bits per heavy atom. The second-order valence-electron chi connectivity index (χ2n) is 12.6. The zero-order chi connectivity index (χ0) is 34.0. The summed E-state index contributed by atoms with van der Waals surface area (Å²) >= 11 is 0. The molecule has 0 aliphatic heterocycles. The van der Waals surface area contributed by atoms with Gasteiger partial charge in [0, 0.05) is 47.2 Å². The van der Waals surface area contributed by atoms with Crippen LogP contribution in [0.25, 0.3) is 0 Å². The minimum absolute atomic E-state index is 0.0472. The van der Waals surface area contributed by atoms with Crippen molar-refractivity contribution in [1.29, 1.82) is 0 Å². The number of rotatable bonds is 18. The van der Waals surface area contributed by atoms with Gasteiger partial charge in [-0.25, -0.2) is 4.79 Å². The lowest BCUT2D eigenvalue weighted by Crippen LogP contribution is -2.24. The first kappa shape index (κ1) is 34.7. The van der Waals surface area contributed by atoms with Gasteiger partial charge in [0.2, 0.25) is 0 Å². The lowest BCUT2D eigenvalue weighted by atomic mass is 9.68. The third-order valence-corrected chi connectivity index (χ3v) is 9.40. The summed E-state index contributed by atoms with van der Waals surface area (Å²) in [6, 6.07) is 4.98. The molecule has 4 aliphatic carbocycles. The van der Waals surface area contributed by atoms with E-state index in [4.69, 9.17) is 4.74 Å². The highest BCUT2D eigenvalue weighted by molar-refractivity contribution is 6.09. The van der Waals surface area contributed by atoms with Gasteiger partial charge in [0.25, 0.3) is 5.91 Å². The molecule has 48 heavy (non-hydrogen) atoms. The van der Waals surface area contributed by atoms with E-state index in [2.05, 4.69) is 67.1 Å². The summed E-state index contributed by atoms with van der Waals surface area (Å²) in [5, 5.41) is 2.99. The quantitative estimate of drug-likeness (QED) is 0.0753. The van der Waals surface area contributed by atoms with Crippen LogP contribution in [0.4, 0.5) is 5.69 Å². The second-order valence-corrected chi connectivity index (χ2v) is 12.6. The molecule has 1 unspecified atom stereocenters. The van der Waals surface area contributed by atoms with Crippen molar-refractivity contribution < 1.29 is 23.9 Å². The van der Waals surface area contributed by atoms with Crippen LogP contribution < -0.4 is 5.32 Å². The van der Waals surface area contributed by atoms with E-state index in [1.165, 1.54) is 16.7 Å². The Bertz CT molecular complexity index is 1690. The number of nitrogens with one attached hydrogen (secondary N) is 1. The van der Waals surface area contributed by atoms with Gasteiger partial charge in [-0.05, 0) is 110 Å². The SMILES string of the molecule is C=CC(=O)OCCCCC(=O)c1cc(NC(=O)C2=CC3=CC=C4C=CCC5=C4C3C(=C2)C=C5)cc(C(=O)CCCCCN(CC)CC)c1. The molecular formula is C41H46N2O5. The maximum Gasteiger partial charge on any atom is 0.330 e. The van der Waals surface area contributed by atoms with E-state index in [0.29, 0.717) is 41.6 Å². The second kappa shape index (κ2) is 16.5. The first-order valence-corrected chi connectivity index (χ1v) is 17.3. The fourth-order valence-corrected chi connectivity index (χ4v) is 6.72. The molecule has 1 aromatic carbocycles. The number of unbranched alkanes of at least 4 members (excludes halogenated alkanes) is 3. The van der Waals surface area contributed by atoms with Crippen LogP contribution in [0.15, 0.2) is 113 Å². The van der Waals surface area contributed by atoms with Crippen LogP contribution in [0, 0.1) is 5.92 Å². The summed E-state index contributed by atoms with van der Waals surface area (Å²) in [5.41, 5.74) is 7.75. The number of carbonyl (C=O) groups is 4. The zero-order valence-corrected chi connectivity index (χ0v) is 28.2. The van der Waals surface area contributed by atoms with Crippen molar-refractivity contribution in [2.45, 2.75) is 65.2 Å². The van der Waals surface area contributed by atoms with Gasteiger partial charge >= 0.3 is 5.97 Å². The third-order valence-electron chi connectivity index (χ3n) is 9.40. The number of benzene rings is 1. The number of amides is 1. The number of carbonyl (C=O) groups excluding carboxylic acids is 4. The van der Waals surface area contributed by atoms with Crippen molar-refractivity contribution >= 4 is 29.1 Å². The molecule has 7 heteroatoms. The molecule has 0 radical (unpaired) electrons. The maximum atomic E-state index is 13.7. The Hall–Kier alpha value is -4.62. The fraction of sp³-hybridized carbons (Fsp3) is 0.366. The van der Waals surface area contributed by atoms with Crippen molar-refractivity contribution in [3.8, 4) is 0 Å². The molecule has 5 rings (SSSR count). The average molecular weight is 647 g/mol. The Morgan fingerprint density at radius 3 is 2.31 bits per heavy atom. The predicted molar refractivity (Wildman–Crippen MR) is 191 cm³/mol. The summed E-state index contributed by atoms with van der Waals surface area (Å²) in [6.07, 6.45) is 23.1. The van der Waals surface area contributed by atoms with Gasteiger partial charge in [-0.3, -0.25) is 14.4 Å². The molecular weight excluding hydrogens is 600 g/mol. The van der Waals surface area contributed by atoms with Gasteiger partial charge in [-0.15, -0.1) is 0 Å². The molecule has 0 saturated heterocycles. The molecule has 4 aliphatic rings. The van der Waals surface area contributed by atoms with Crippen LogP contribution in [0.1, 0.15) is 85.9 Å². The van der Waals surface area contributed by atoms with Gasteiger partial charge in [-0.2, -0.15) is 0 Å². The predicted octanol–water partition coefficient (Wildman–Crippen LogP) is 7.97. The number of ketones is 2. The molecule has 0 spiro atoms. The monoisotopic (exact) mass is 646 g/mol. The summed E-state index contributed by atoms with van der Waals surface area (Å²) in [5.74, 6) is -0.840. The Balaban J connectivity index is 1.30. The van der Waals surface area contributed by atoms with Gasteiger partial charge in [0.1, 0.15) is 0 Å². The van der Waals surface area contributed by atoms with Crippen molar-refractivity contribution in [2.24, 2.45) is 5.92 Å². The van der Waals surface area contributed by atoms with Crippen molar-refractivity contribution in [2.75, 3.05) is 31.6 Å². The van der Waals surface area contributed by atoms with Crippen molar-refractivity contribution in [3.05, 3.63) is 124 Å². The zero-order valence-electron chi connectivity index (χ0n) is 28.2. The van der Waals surface area contributed by atoms with E-state index >= 15 is 0 Å². The standard InChI is InChI=1S/C41H46N2O5/c1-4-38(46)48-22-11-9-16-37(45)33-25-32(36(44)15-8-7-10-21-43(5-2)6-3)26-35(27-33)42-41(47)34-23-30-19-17-28-13-12-14-29-18-20-31(24-34)40(30)39(28)29/h4,12-13,17-20,23-27,40H,1,5-11,14-16,21-22H2,2-3H3,(H,42,47). The minimum atomic E-state index is -0.492. The molecule has 0 heterocycles. The van der Waals surface area contributed by atoms with Crippen LogP contribution in [0.5, 0.6) is 0 Å². The minimum Gasteiger partial charge on any atom is -0.463 e. The lowest BCUT2D eigenvalue weighted by molar-refractivity contribution is -0.137. The molecule has 250 valence electrons. The van der Waals surface area contributed by atoms with E-state index < -0.39 is 5.97 Å². The molecule has 1 atom stereocenters. The van der Waals surface area contributed by atoms with E-state index in [1.807, 2.05) is 12.2 Å². The van der Waals surface area contributed by atoms with Gasteiger partial charge in [0.15, 0.2) is 11.6 Å². The van der Waals surface area contributed by atoms with Crippen molar-refractivity contribution in [3.63, 3.8) is 0 Å². The molecule has 1 aromatic rings. The topological polar surface area (TPSA) is 92.8 Å². The van der Waals surface area contributed by atoms with E-state index in [-0.39, 0.29) is 36.4 Å². The van der Waals surface area contributed by atoms with Crippen LogP contribution in [0.2, 0.25) is 0 Å². The molecule has 0 aromatic heterocycles. The maximum absolute atomic E-state index is 13.7. The van der Waals surface area contributed by atoms with Crippen molar-refractivity contribution in [1.82, 2.24) is 4.90 Å². The molecule has 7 nitrogen and oxygen atoms in total. The number of allylic oxidation sites excluding steroid dienone is 12. The summed E-state index contributed by atoms with van der Waals surface area (Å²) in [7, 11) is 0. The van der Waals surface area contributed by atoms with Crippen LogP contribution in [-0.2, 0) is 14.3 Å². The third kappa shape index (κ3) is 8.45. The highest BCUT2D eigenvalue weighted by Gasteiger charge is 2.34. The Kier molecular flexibility index (Phi) is 11.9. The van der Waals surface area contributed by atoms with Crippen LogP contribution in [0.3, 0.4) is 0 Å². The van der Waals surface area contributed by atoms with Crippen LogP contribution >= 0.6 is 0 Å². The molecule has 0 fully saturated rings. The fourth-order valence-electron chi connectivity index (χ4n) is 6.72. The van der Waals surface area contributed by atoms with Crippen LogP contribution in [-0.4, -0.2) is 54.6 Å². The molecule has 0 saturated carbocycles. The highest BCUT2D eigenvalue weighted by atomic mass is 16.5. The number of esters is 1. The lowest BCUT2D eigenvalue weighted by Gasteiger charge is -2.35. The van der Waals surface area contributed by atoms with Gasteiger partial charge in [-0.1, -0.05) is 63.3 Å². The van der Waals surface area contributed by atoms with E-state index in [0.717, 1.165) is 62.5 Å². The highest BCUT2D eigenvalue weighted by Crippen LogP contribution is 2.47. The number of anilines is 1. The van der Waals surface area contributed by atoms with Gasteiger partial charge in [0.05, 0.1) is 6.61 Å². The molecule has 1 amide bonds. The number of ether oxygens (including phenoxy) is 1. The van der Waals surface area contributed by atoms with E-state index in [1.54, 1.807) is 18.2 Å². The smallest absolute Gasteiger partial charge is 0.330 e. The van der Waals surface area contributed by atoms with Gasteiger partial charge < -0.3 is 15.0 Å². The summed E-state index contributed by atoms with van der Waals surface area (Å²) in [6.45, 7) is 10.9.